The molecule has 1 aliphatic carbocycles. The molecule has 1 aromatic carbocycles. The predicted octanol–water partition coefficient (Wildman–Crippen LogP) is 3.81. The van der Waals surface area contributed by atoms with Gasteiger partial charge in [-0.3, -0.25) is 4.79 Å². The maximum atomic E-state index is 12.9. The minimum atomic E-state index is -0.591. The summed E-state index contributed by atoms with van der Waals surface area (Å²) in [5.41, 5.74) is 1.30. The highest BCUT2D eigenvalue weighted by atomic mass is 32.2. The maximum absolute atomic E-state index is 12.9. The number of fused-ring (bicyclic) bond motifs is 1. The van der Waals surface area contributed by atoms with Crippen molar-refractivity contribution in [1.29, 1.82) is 0 Å². The summed E-state index contributed by atoms with van der Waals surface area (Å²) in [6.45, 7) is 3.60. The summed E-state index contributed by atoms with van der Waals surface area (Å²) in [5.74, 6) is 0.971. The Hall–Kier alpha value is -2.45. The average molecular weight is 445 g/mol. The molecule has 166 valence electrons. The van der Waals surface area contributed by atoms with Gasteiger partial charge in [-0.05, 0) is 71.0 Å². The number of esters is 1. The Bertz CT molecular complexity index is 1040. The fourth-order valence-electron chi connectivity index (χ4n) is 4.31. The fraction of sp³-hybridized carbons (Fsp3) is 0.478. The van der Waals surface area contributed by atoms with E-state index in [0.717, 1.165) is 25.7 Å². The van der Waals surface area contributed by atoms with Gasteiger partial charge >= 0.3 is 5.97 Å². The molecule has 1 saturated carbocycles. The van der Waals surface area contributed by atoms with E-state index < -0.39 is 11.5 Å². The Kier molecular flexibility index (Phi) is 6.29. The van der Waals surface area contributed by atoms with Crippen LogP contribution < -0.4 is 25.1 Å². The van der Waals surface area contributed by atoms with Gasteiger partial charge in [0.2, 0.25) is 12.0 Å². The van der Waals surface area contributed by atoms with E-state index in [1.165, 1.54) is 11.8 Å². The Balaban J connectivity index is 1.52. The van der Waals surface area contributed by atoms with Gasteiger partial charge in [-0.25, -0.2) is 4.79 Å². The van der Waals surface area contributed by atoms with Crippen molar-refractivity contribution in [3.8, 4) is 17.2 Å². The van der Waals surface area contributed by atoms with Crippen molar-refractivity contribution in [3.05, 3.63) is 45.4 Å². The lowest BCUT2D eigenvalue weighted by Gasteiger charge is -2.30. The van der Waals surface area contributed by atoms with Crippen molar-refractivity contribution in [2.75, 3.05) is 13.3 Å². The Morgan fingerprint density at radius 1 is 1.19 bits per heavy atom. The van der Waals surface area contributed by atoms with Crippen LogP contribution in [0.3, 0.4) is 0 Å². The number of hydrogen-bond donors (Lipinski definition) is 2. The second-order valence-corrected chi connectivity index (χ2v) is 8.99. The van der Waals surface area contributed by atoms with Gasteiger partial charge in [-0.15, -0.1) is 11.8 Å². The van der Waals surface area contributed by atoms with Crippen LogP contribution in [0.2, 0.25) is 0 Å². The molecule has 2 aromatic rings. The molecule has 0 amide bonds. The Labute approximate surface area is 185 Å². The molecule has 1 atom stereocenters. The number of rotatable bonds is 5. The maximum Gasteiger partial charge on any atom is 0.344 e. The molecule has 31 heavy (non-hydrogen) atoms. The van der Waals surface area contributed by atoms with E-state index in [1.807, 2.05) is 20.2 Å². The third-order valence-corrected chi connectivity index (χ3v) is 6.88. The topological polar surface area (TPSA) is 89.7 Å². The van der Waals surface area contributed by atoms with Crippen molar-refractivity contribution in [2.24, 2.45) is 5.92 Å². The Morgan fingerprint density at radius 3 is 2.61 bits per heavy atom. The SMILES string of the molecule is CNC1CCC(C2Oc3ccc(C(=O)Oc4c(SC)cc(C)[nH]c4=O)c(C)c3O2)CC1. The zero-order valence-corrected chi connectivity index (χ0v) is 19.1. The van der Waals surface area contributed by atoms with Crippen LogP contribution in [0, 0.1) is 19.8 Å². The van der Waals surface area contributed by atoms with Crippen molar-refractivity contribution in [2.45, 2.75) is 56.8 Å². The van der Waals surface area contributed by atoms with Gasteiger partial charge < -0.3 is 24.5 Å². The highest BCUT2D eigenvalue weighted by Crippen LogP contribution is 2.43. The summed E-state index contributed by atoms with van der Waals surface area (Å²) >= 11 is 1.36. The van der Waals surface area contributed by atoms with Gasteiger partial charge in [0.25, 0.3) is 5.56 Å². The normalized spacial score (nSPS) is 22.4. The van der Waals surface area contributed by atoms with E-state index in [-0.39, 0.29) is 12.0 Å². The number of aromatic nitrogens is 1. The number of aryl methyl sites for hydroxylation is 1. The van der Waals surface area contributed by atoms with Crippen LogP contribution >= 0.6 is 11.8 Å². The minimum Gasteiger partial charge on any atom is -0.451 e. The average Bonchev–Trinajstić information content (AvgIpc) is 3.21. The number of hydrogen-bond acceptors (Lipinski definition) is 7. The summed E-state index contributed by atoms with van der Waals surface area (Å²) in [6.07, 6.45) is 5.76. The summed E-state index contributed by atoms with van der Waals surface area (Å²) in [5, 5.41) is 3.34. The molecule has 0 bridgehead atoms. The number of H-pyrrole nitrogens is 1. The van der Waals surface area contributed by atoms with Crippen molar-refractivity contribution >= 4 is 17.7 Å². The number of aromatic amines is 1. The van der Waals surface area contributed by atoms with Crippen molar-refractivity contribution in [3.63, 3.8) is 0 Å². The van der Waals surface area contributed by atoms with Crippen LogP contribution in [0.5, 0.6) is 17.2 Å². The first-order valence-corrected chi connectivity index (χ1v) is 11.8. The summed E-state index contributed by atoms with van der Waals surface area (Å²) < 4.78 is 17.7. The third kappa shape index (κ3) is 4.32. The number of pyridine rings is 1. The molecule has 2 N–H and O–H groups in total. The van der Waals surface area contributed by atoms with Crippen molar-refractivity contribution in [1.82, 2.24) is 10.3 Å². The van der Waals surface area contributed by atoms with E-state index in [0.29, 0.717) is 45.2 Å². The highest BCUT2D eigenvalue weighted by Gasteiger charge is 2.36. The number of thioether (sulfide) groups is 1. The molecular formula is C23H28N2O5S. The summed E-state index contributed by atoms with van der Waals surface area (Å²) in [6, 6.07) is 5.75. The summed E-state index contributed by atoms with van der Waals surface area (Å²) in [7, 11) is 2.00. The van der Waals surface area contributed by atoms with Gasteiger partial charge in [0.15, 0.2) is 11.5 Å². The molecule has 2 heterocycles. The molecule has 1 aromatic heterocycles. The lowest BCUT2D eigenvalue weighted by atomic mass is 9.85. The van der Waals surface area contributed by atoms with Crippen LogP contribution in [0.15, 0.2) is 27.9 Å². The largest absolute Gasteiger partial charge is 0.451 e. The van der Waals surface area contributed by atoms with Gasteiger partial charge in [-0.2, -0.15) is 0 Å². The lowest BCUT2D eigenvalue weighted by molar-refractivity contribution is -0.0203. The zero-order valence-electron chi connectivity index (χ0n) is 18.2. The smallest absolute Gasteiger partial charge is 0.344 e. The quantitative estimate of drug-likeness (QED) is 0.535. The third-order valence-electron chi connectivity index (χ3n) is 6.13. The van der Waals surface area contributed by atoms with Crippen LogP contribution in [-0.4, -0.2) is 36.6 Å². The molecule has 1 fully saturated rings. The molecule has 0 spiro atoms. The lowest BCUT2D eigenvalue weighted by Crippen LogP contribution is -2.37. The van der Waals surface area contributed by atoms with Gasteiger partial charge in [0.1, 0.15) is 0 Å². The zero-order chi connectivity index (χ0) is 22.1. The first kappa shape index (κ1) is 21.8. The van der Waals surface area contributed by atoms with Crippen LogP contribution in [0.1, 0.15) is 47.3 Å². The first-order valence-electron chi connectivity index (χ1n) is 10.6. The molecule has 0 saturated heterocycles. The minimum absolute atomic E-state index is 0.0133. The standard InChI is InChI=1S/C23H28N2O5S/c1-12-11-18(31-4)20(21(26)25-12)29-22(27)16-9-10-17-19(13(16)2)30-23(28-17)14-5-7-15(24-3)8-6-14/h9-11,14-15,23-24H,5-8H2,1-4H3,(H,25,26). The van der Waals surface area contributed by atoms with Gasteiger partial charge in [0, 0.05) is 23.2 Å². The number of benzene rings is 1. The molecule has 4 rings (SSSR count). The van der Waals surface area contributed by atoms with Crippen LogP contribution in [0.4, 0.5) is 0 Å². The second-order valence-electron chi connectivity index (χ2n) is 8.14. The van der Waals surface area contributed by atoms with E-state index in [2.05, 4.69) is 10.3 Å². The molecular weight excluding hydrogens is 416 g/mol. The molecule has 1 unspecified atom stereocenters. The number of carbonyl (C=O) groups excluding carboxylic acids is 1. The predicted molar refractivity (Wildman–Crippen MR) is 120 cm³/mol. The molecule has 7 nitrogen and oxygen atoms in total. The van der Waals surface area contributed by atoms with Gasteiger partial charge in [0.05, 0.1) is 10.5 Å². The van der Waals surface area contributed by atoms with Gasteiger partial charge in [-0.1, -0.05) is 0 Å². The monoisotopic (exact) mass is 444 g/mol. The first-order chi connectivity index (χ1) is 14.9. The number of carbonyl (C=O) groups is 1. The Morgan fingerprint density at radius 2 is 1.94 bits per heavy atom. The van der Waals surface area contributed by atoms with E-state index in [1.54, 1.807) is 25.1 Å². The van der Waals surface area contributed by atoms with Crippen LogP contribution in [0.25, 0.3) is 0 Å². The number of nitrogens with one attached hydrogen (secondary N) is 2. The van der Waals surface area contributed by atoms with E-state index in [4.69, 9.17) is 14.2 Å². The van der Waals surface area contributed by atoms with E-state index >= 15 is 0 Å². The molecule has 2 aliphatic rings. The van der Waals surface area contributed by atoms with Crippen molar-refractivity contribution < 1.29 is 19.0 Å². The summed E-state index contributed by atoms with van der Waals surface area (Å²) in [4.78, 5) is 28.5. The van der Waals surface area contributed by atoms with E-state index in [9.17, 15) is 9.59 Å². The van der Waals surface area contributed by atoms with Crippen LogP contribution in [-0.2, 0) is 0 Å². The highest BCUT2D eigenvalue weighted by molar-refractivity contribution is 7.98. The molecule has 8 heteroatoms. The molecule has 1 aliphatic heterocycles. The second kappa shape index (κ2) is 8.96. The number of ether oxygens (including phenoxy) is 3. The fourth-order valence-corrected chi connectivity index (χ4v) is 4.92. The molecule has 0 radical (unpaired) electrons.